The van der Waals surface area contributed by atoms with E-state index in [1.54, 1.807) is 6.20 Å². The van der Waals surface area contributed by atoms with E-state index in [0.717, 1.165) is 31.7 Å². The van der Waals surface area contributed by atoms with Gasteiger partial charge in [0.2, 0.25) is 0 Å². The van der Waals surface area contributed by atoms with Gasteiger partial charge >= 0.3 is 0 Å². The molecule has 12 heavy (non-hydrogen) atoms. The quantitative estimate of drug-likeness (QED) is 0.625. The first kappa shape index (κ1) is 9.16. The minimum atomic E-state index is 0.745. The molecule has 0 bridgehead atoms. The average Bonchev–Trinajstić information content (AvgIpc) is 2.14. The molecular weight excluding hydrogens is 150 g/mol. The number of nitrogens with zero attached hydrogens (tertiary/aromatic N) is 1. The molecule has 3 heteroatoms. The zero-order valence-electron chi connectivity index (χ0n) is 7.16. The van der Waals surface area contributed by atoms with Crippen LogP contribution in [0, 0.1) is 0 Å². The number of rotatable bonds is 5. The molecule has 0 amide bonds. The Balaban J connectivity index is 2.16. The summed E-state index contributed by atoms with van der Waals surface area (Å²) in [6.45, 7) is 2.54. The van der Waals surface area contributed by atoms with E-state index in [4.69, 9.17) is 5.73 Å². The largest absolute Gasteiger partial charge is 0.330 e. The topological polar surface area (TPSA) is 50.9 Å². The monoisotopic (exact) mass is 165 g/mol. The third-order valence-corrected chi connectivity index (χ3v) is 1.59. The summed E-state index contributed by atoms with van der Waals surface area (Å²) in [5, 5.41) is 3.26. The van der Waals surface area contributed by atoms with Crippen LogP contribution >= 0.6 is 0 Å². The van der Waals surface area contributed by atoms with Crippen molar-refractivity contribution in [2.45, 2.75) is 13.0 Å². The summed E-state index contributed by atoms with van der Waals surface area (Å²) in [6.07, 6.45) is 2.83. The molecule has 0 fully saturated rings. The van der Waals surface area contributed by atoms with Crippen molar-refractivity contribution in [1.29, 1.82) is 0 Å². The van der Waals surface area contributed by atoms with Crippen molar-refractivity contribution in [1.82, 2.24) is 10.3 Å². The lowest BCUT2D eigenvalue weighted by molar-refractivity contribution is 0.646. The van der Waals surface area contributed by atoms with Gasteiger partial charge in [0.15, 0.2) is 0 Å². The van der Waals surface area contributed by atoms with E-state index >= 15 is 0 Å². The molecule has 66 valence electrons. The van der Waals surface area contributed by atoms with Gasteiger partial charge in [-0.3, -0.25) is 4.98 Å². The predicted molar refractivity (Wildman–Crippen MR) is 49.6 cm³/mol. The third kappa shape index (κ3) is 3.46. The van der Waals surface area contributed by atoms with Crippen molar-refractivity contribution in [3.8, 4) is 0 Å². The summed E-state index contributed by atoms with van der Waals surface area (Å²) in [6, 6.07) is 5.92. The van der Waals surface area contributed by atoms with Crippen LogP contribution in [0.1, 0.15) is 12.1 Å². The molecule has 0 saturated carbocycles. The van der Waals surface area contributed by atoms with Crippen LogP contribution in [-0.4, -0.2) is 18.1 Å². The molecule has 0 spiro atoms. The summed E-state index contributed by atoms with van der Waals surface area (Å²) < 4.78 is 0. The average molecular weight is 165 g/mol. The van der Waals surface area contributed by atoms with Crippen LogP contribution in [0.3, 0.4) is 0 Å². The fourth-order valence-corrected chi connectivity index (χ4v) is 0.946. The molecule has 0 unspecified atom stereocenters. The summed E-state index contributed by atoms with van der Waals surface area (Å²) in [4.78, 5) is 4.18. The van der Waals surface area contributed by atoms with Crippen molar-refractivity contribution in [2.24, 2.45) is 5.73 Å². The third-order valence-electron chi connectivity index (χ3n) is 1.59. The first-order chi connectivity index (χ1) is 5.93. The van der Waals surface area contributed by atoms with Crippen LogP contribution in [-0.2, 0) is 6.54 Å². The molecule has 1 heterocycles. The van der Waals surface area contributed by atoms with Crippen molar-refractivity contribution in [3.63, 3.8) is 0 Å². The summed E-state index contributed by atoms with van der Waals surface area (Å²) in [5.74, 6) is 0. The zero-order valence-corrected chi connectivity index (χ0v) is 7.16. The minimum absolute atomic E-state index is 0.745. The lowest BCUT2D eigenvalue weighted by Crippen LogP contribution is -2.18. The van der Waals surface area contributed by atoms with E-state index in [1.807, 2.05) is 18.2 Å². The maximum atomic E-state index is 5.35. The second kappa shape index (κ2) is 5.69. The second-order valence-corrected chi connectivity index (χ2v) is 2.64. The van der Waals surface area contributed by atoms with Crippen molar-refractivity contribution in [2.75, 3.05) is 13.1 Å². The Morgan fingerprint density at radius 2 is 2.33 bits per heavy atom. The highest BCUT2D eigenvalue weighted by Gasteiger charge is 1.90. The normalized spacial score (nSPS) is 10.1. The summed E-state index contributed by atoms with van der Waals surface area (Å²) in [7, 11) is 0. The molecule has 1 aromatic rings. The Morgan fingerprint density at radius 3 is 3.00 bits per heavy atom. The minimum Gasteiger partial charge on any atom is -0.330 e. The van der Waals surface area contributed by atoms with Crippen LogP contribution in [0.4, 0.5) is 0 Å². The molecule has 1 rings (SSSR count). The van der Waals surface area contributed by atoms with Crippen LogP contribution in [0.5, 0.6) is 0 Å². The highest BCUT2D eigenvalue weighted by atomic mass is 14.9. The number of aromatic nitrogens is 1. The highest BCUT2D eigenvalue weighted by Crippen LogP contribution is 1.91. The van der Waals surface area contributed by atoms with Gasteiger partial charge in [0, 0.05) is 12.7 Å². The van der Waals surface area contributed by atoms with E-state index in [9.17, 15) is 0 Å². The Morgan fingerprint density at radius 1 is 1.42 bits per heavy atom. The molecular formula is C9H15N3. The molecule has 0 aliphatic rings. The molecule has 0 atom stereocenters. The highest BCUT2D eigenvalue weighted by molar-refractivity contribution is 5.02. The van der Waals surface area contributed by atoms with Gasteiger partial charge in [0.25, 0.3) is 0 Å². The van der Waals surface area contributed by atoms with E-state index in [0.29, 0.717) is 0 Å². The maximum absolute atomic E-state index is 5.35. The zero-order chi connectivity index (χ0) is 8.65. The number of hydrogen-bond acceptors (Lipinski definition) is 3. The second-order valence-electron chi connectivity index (χ2n) is 2.64. The van der Waals surface area contributed by atoms with Gasteiger partial charge in [-0.25, -0.2) is 0 Å². The number of hydrogen-bond donors (Lipinski definition) is 2. The SMILES string of the molecule is NCCCNCc1ccccn1. The Bertz CT molecular complexity index is 198. The molecule has 0 aliphatic carbocycles. The van der Waals surface area contributed by atoms with E-state index < -0.39 is 0 Å². The van der Waals surface area contributed by atoms with E-state index in [-0.39, 0.29) is 0 Å². The van der Waals surface area contributed by atoms with E-state index in [1.165, 1.54) is 0 Å². The Hall–Kier alpha value is -0.930. The van der Waals surface area contributed by atoms with Crippen LogP contribution < -0.4 is 11.1 Å². The van der Waals surface area contributed by atoms with Gasteiger partial charge in [-0.05, 0) is 31.6 Å². The molecule has 0 aromatic carbocycles. The van der Waals surface area contributed by atoms with Crippen molar-refractivity contribution >= 4 is 0 Å². The molecule has 0 radical (unpaired) electrons. The smallest absolute Gasteiger partial charge is 0.0541 e. The first-order valence-electron chi connectivity index (χ1n) is 4.24. The Labute approximate surface area is 73.0 Å². The van der Waals surface area contributed by atoms with Crippen LogP contribution in [0.2, 0.25) is 0 Å². The van der Waals surface area contributed by atoms with E-state index in [2.05, 4.69) is 10.3 Å². The van der Waals surface area contributed by atoms with Crippen molar-refractivity contribution in [3.05, 3.63) is 30.1 Å². The lowest BCUT2D eigenvalue weighted by Gasteiger charge is -2.01. The molecule has 0 aliphatic heterocycles. The number of pyridine rings is 1. The Kier molecular flexibility index (Phi) is 4.34. The standard InChI is InChI=1S/C9H15N3/c10-5-3-6-11-8-9-4-1-2-7-12-9/h1-2,4,7,11H,3,5-6,8,10H2. The van der Waals surface area contributed by atoms with Gasteiger partial charge in [-0.1, -0.05) is 6.07 Å². The van der Waals surface area contributed by atoms with Crippen molar-refractivity contribution < 1.29 is 0 Å². The number of nitrogens with one attached hydrogen (secondary N) is 1. The molecule has 1 aromatic heterocycles. The van der Waals surface area contributed by atoms with Gasteiger partial charge in [-0.15, -0.1) is 0 Å². The van der Waals surface area contributed by atoms with Crippen LogP contribution in [0.25, 0.3) is 0 Å². The molecule has 0 saturated heterocycles. The maximum Gasteiger partial charge on any atom is 0.0541 e. The number of nitrogens with two attached hydrogens (primary N) is 1. The fraction of sp³-hybridized carbons (Fsp3) is 0.444. The van der Waals surface area contributed by atoms with Gasteiger partial charge in [0.1, 0.15) is 0 Å². The summed E-state index contributed by atoms with van der Waals surface area (Å²) in [5.41, 5.74) is 6.43. The fourth-order valence-electron chi connectivity index (χ4n) is 0.946. The van der Waals surface area contributed by atoms with Gasteiger partial charge < -0.3 is 11.1 Å². The van der Waals surface area contributed by atoms with Crippen LogP contribution in [0.15, 0.2) is 24.4 Å². The van der Waals surface area contributed by atoms with Gasteiger partial charge in [-0.2, -0.15) is 0 Å². The first-order valence-corrected chi connectivity index (χ1v) is 4.24. The molecule has 3 N–H and O–H groups in total. The van der Waals surface area contributed by atoms with Gasteiger partial charge in [0.05, 0.1) is 5.69 Å². The lowest BCUT2D eigenvalue weighted by atomic mass is 10.3. The molecule has 3 nitrogen and oxygen atoms in total. The predicted octanol–water partition coefficient (Wildman–Crippen LogP) is 0.520. The summed E-state index contributed by atoms with van der Waals surface area (Å²) >= 11 is 0.